The number of amides is 4. The van der Waals surface area contributed by atoms with E-state index in [1.165, 1.54) is 0 Å². The van der Waals surface area contributed by atoms with Crippen LogP contribution in [0.1, 0.15) is 62.7 Å². The summed E-state index contributed by atoms with van der Waals surface area (Å²) in [7, 11) is 0. The van der Waals surface area contributed by atoms with Gasteiger partial charge in [0, 0.05) is 5.56 Å². The molecular formula is C27H39N7O5. The van der Waals surface area contributed by atoms with Crippen molar-refractivity contribution in [3.05, 3.63) is 41.2 Å². The molecule has 1 aromatic heterocycles. The summed E-state index contributed by atoms with van der Waals surface area (Å²) in [6.07, 6.45) is 2.07. The smallest absolute Gasteiger partial charge is 0.252 e. The predicted octanol–water partition coefficient (Wildman–Crippen LogP) is 1.09. The first kappa shape index (κ1) is 29.6. The molecule has 0 radical (unpaired) electrons. The second-order valence-corrected chi connectivity index (χ2v) is 10.6. The summed E-state index contributed by atoms with van der Waals surface area (Å²) in [4.78, 5) is 52.2. The summed E-state index contributed by atoms with van der Waals surface area (Å²) in [5, 5.41) is 19.1. The van der Waals surface area contributed by atoms with Crippen LogP contribution >= 0.6 is 0 Å². The Kier molecular flexibility index (Phi) is 10.0. The molecule has 1 aromatic carbocycles. The lowest BCUT2D eigenvalue weighted by molar-refractivity contribution is -0.133. The third kappa shape index (κ3) is 8.26. The van der Waals surface area contributed by atoms with Crippen LogP contribution < -0.4 is 26.0 Å². The lowest BCUT2D eigenvalue weighted by Crippen LogP contribution is -2.57. The SMILES string of the molecule is Cc1ccc2cc1OCCn1cc(nn1)CNC(=O)[C@@H](C)NC(=O)[C@H](C(C)C)NC(=O)[C@H](CC(C)C)NC2=O. The van der Waals surface area contributed by atoms with Gasteiger partial charge in [0.05, 0.1) is 19.3 Å². The Morgan fingerprint density at radius 1 is 1.03 bits per heavy atom. The third-order valence-electron chi connectivity index (χ3n) is 6.39. The monoisotopic (exact) mass is 541 g/mol. The molecule has 2 heterocycles. The number of benzene rings is 1. The van der Waals surface area contributed by atoms with Crippen LogP contribution in [-0.2, 0) is 27.5 Å². The number of nitrogens with one attached hydrogen (secondary N) is 4. The lowest BCUT2D eigenvalue weighted by atomic mass is 9.99. The molecule has 212 valence electrons. The number of carbonyl (C=O) groups is 4. The van der Waals surface area contributed by atoms with E-state index < -0.39 is 41.8 Å². The van der Waals surface area contributed by atoms with Gasteiger partial charge in [0.25, 0.3) is 5.91 Å². The Morgan fingerprint density at radius 3 is 2.46 bits per heavy atom. The molecule has 0 spiro atoms. The fraction of sp³-hybridized carbons (Fsp3) is 0.556. The molecule has 0 fully saturated rings. The molecule has 4 N–H and O–H groups in total. The van der Waals surface area contributed by atoms with Crippen molar-refractivity contribution in [3.8, 4) is 5.75 Å². The van der Waals surface area contributed by atoms with Crippen LogP contribution in [0.3, 0.4) is 0 Å². The summed E-state index contributed by atoms with van der Waals surface area (Å²) < 4.78 is 7.52. The van der Waals surface area contributed by atoms with Crippen molar-refractivity contribution in [2.75, 3.05) is 6.61 Å². The average Bonchev–Trinajstić information content (AvgIpc) is 3.32. The molecule has 12 nitrogen and oxygen atoms in total. The van der Waals surface area contributed by atoms with Crippen molar-refractivity contribution >= 4 is 23.6 Å². The second-order valence-electron chi connectivity index (χ2n) is 10.6. The van der Waals surface area contributed by atoms with Crippen LogP contribution in [0.5, 0.6) is 5.75 Å². The maximum atomic E-state index is 13.3. The van der Waals surface area contributed by atoms with E-state index in [-0.39, 0.29) is 25.0 Å². The van der Waals surface area contributed by atoms with E-state index in [9.17, 15) is 19.2 Å². The van der Waals surface area contributed by atoms with E-state index in [0.717, 1.165) is 5.56 Å². The van der Waals surface area contributed by atoms with E-state index in [1.54, 1.807) is 49.8 Å². The quantitative estimate of drug-likeness (QED) is 0.453. The van der Waals surface area contributed by atoms with Gasteiger partial charge in [0.1, 0.15) is 36.2 Å². The topological polar surface area (TPSA) is 156 Å². The van der Waals surface area contributed by atoms with E-state index in [4.69, 9.17) is 4.74 Å². The predicted molar refractivity (Wildman–Crippen MR) is 144 cm³/mol. The summed E-state index contributed by atoms with van der Waals surface area (Å²) in [5.41, 5.74) is 1.75. The minimum absolute atomic E-state index is 0.0969. The van der Waals surface area contributed by atoms with Crippen molar-refractivity contribution < 1.29 is 23.9 Å². The minimum atomic E-state index is -0.910. The standard InChI is InChI=1S/C27H39N7O5/c1-15(2)11-21-26(37)31-23(16(3)4)27(38)29-18(6)24(35)28-13-20-14-34(33-32-20)9-10-39-22-12-19(25(36)30-21)8-7-17(22)5/h7-8,12,14-16,18,21,23H,9-11,13H2,1-6H3,(H,28,35)(H,29,38)(H,30,36)(H,31,37)/t18-,21+,23+/m1/s1. The summed E-state index contributed by atoms with van der Waals surface area (Å²) >= 11 is 0. The molecule has 3 rings (SSSR count). The molecule has 2 aromatic rings. The maximum absolute atomic E-state index is 13.3. The van der Waals surface area contributed by atoms with Gasteiger partial charge in [-0.2, -0.15) is 0 Å². The number of hydrogen-bond acceptors (Lipinski definition) is 7. The van der Waals surface area contributed by atoms with Gasteiger partial charge in [-0.15, -0.1) is 5.10 Å². The molecule has 12 heteroatoms. The molecule has 4 amide bonds. The number of ether oxygens (including phenoxy) is 1. The zero-order valence-corrected chi connectivity index (χ0v) is 23.4. The van der Waals surface area contributed by atoms with Gasteiger partial charge in [-0.05, 0) is 49.8 Å². The van der Waals surface area contributed by atoms with Crippen LogP contribution in [0.2, 0.25) is 0 Å². The van der Waals surface area contributed by atoms with Gasteiger partial charge in [-0.3, -0.25) is 19.2 Å². The Morgan fingerprint density at radius 2 is 1.77 bits per heavy atom. The first-order chi connectivity index (χ1) is 18.4. The van der Waals surface area contributed by atoms with Crippen molar-refractivity contribution in [2.24, 2.45) is 11.8 Å². The summed E-state index contributed by atoms with van der Waals surface area (Å²) in [6.45, 7) is 11.7. The van der Waals surface area contributed by atoms with Gasteiger partial charge in [0.15, 0.2) is 0 Å². The van der Waals surface area contributed by atoms with E-state index >= 15 is 0 Å². The van der Waals surface area contributed by atoms with Gasteiger partial charge in [-0.1, -0.05) is 39.0 Å². The van der Waals surface area contributed by atoms with Crippen LogP contribution in [0.15, 0.2) is 24.4 Å². The van der Waals surface area contributed by atoms with E-state index in [0.29, 0.717) is 30.0 Å². The molecule has 0 saturated heterocycles. The van der Waals surface area contributed by atoms with Crippen molar-refractivity contribution in [3.63, 3.8) is 0 Å². The maximum Gasteiger partial charge on any atom is 0.252 e. The van der Waals surface area contributed by atoms with Gasteiger partial charge >= 0.3 is 0 Å². The van der Waals surface area contributed by atoms with Crippen LogP contribution in [0.25, 0.3) is 0 Å². The zero-order valence-electron chi connectivity index (χ0n) is 23.4. The Bertz CT molecular complexity index is 1190. The first-order valence-corrected chi connectivity index (χ1v) is 13.3. The molecule has 3 atom stereocenters. The average molecular weight is 542 g/mol. The normalized spacial score (nSPS) is 21.8. The highest BCUT2D eigenvalue weighted by Crippen LogP contribution is 2.20. The highest BCUT2D eigenvalue weighted by molar-refractivity contribution is 5.99. The summed E-state index contributed by atoms with van der Waals surface area (Å²) in [6, 6.07) is 2.48. The zero-order chi connectivity index (χ0) is 28.7. The molecule has 1 aliphatic rings. The Labute approximate surface area is 228 Å². The molecule has 4 bridgehead atoms. The number of aromatic nitrogens is 3. The minimum Gasteiger partial charge on any atom is -0.491 e. The lowest BCUT2D eigenvalue weighted by Gasteiger charge is -2.27. The largest absolute Gasteiger partial charge is 0.491 e. The molecule has 1 aliphatic heterocycles. The number of hydrogen-bond donors (Lipinski definition) is 4. The van der Waals surface area contributed by atoms with Crippen LogP contribution in [0.4, 0.5) is 0 Å². The third-order valence-corrected chi connectivity index (χ3v) is 6.39. The van der Waals surface area contributed by atoms with Gasteiger partial charge < -0.3 is 26.0 Å². The number of fused-ring (bicyclic) bond motifs is 4. The van der Waals surface area contributed by atoms with Crippen molar-refractivity contribution in [2.45, 2.75) is 79.2 Å². The highest BCUT2D eigenvalue weighted by Gasteiger charge is 2.31. The summed E-state index contributed by atoms with van der Waals surface area (Å²) in [5.74, 6) is -1.43. The Balaban J connectivity index is 1.91. The Hall–Kier alpha value is -3.96. The molecule has 0 unspecified atom stereocenters. The highest BCUT2D eigenvalue weighted by atomic mass is 16.5. The van der Waals surface area contributed by atoms with Gasteiger partial charge in [-0.25, -0.2) is 4.68 Å². The van der Waals surface area contributed by atoms with Gasteiger partial charge in [0.2, 0.25) is 17.7 Å². The molecule has 0 saturated carbocycles. The second kappa shape index (κ2) is 13.2. The molecule has 0 aliphatic carbocycles. The fourth-order valence-corrected chi connectivity index (χ4v) is 4.11. The first-order valence-electron chi connectivity index (χ1n) is 13.3. The number of nitrogens with zero attached hydrogens (tertiary/aromatic N) is 3. The number of rotatable bonds is 3. The molecule has 39 heavy (non-hydrogen) atoms. The molecular weight excluding hydrogens is 502 g/mol. The van der Waals surface area contributed by atoms with E-state index in [1.807, 2.05) is 20.8 Å². The fourth-order valence-electron chi connectivity index (χ4n) is 4.11. The van der Waals surface area contributed by atoms with Crippen molar-refractivity contribution in [1.82, 2.24) is 36.3 Å². The number of carbonyl (C=O) groups excluding carboxylic acids is 4. The van der Waals surface area contributed by atoms with Crippen LogP contribution in [-0.4, -0.2) is 63.4 Å². The van der Waals surface area contributed by atoms with E-state index in [2.05, 4.69) is 31.6 Å². The number of aryl methyl sites for hydroxylation is 1. The van der Waals surface area contributed by atoms with Crippen molar-refractivity contribution in [1.29, 1.82) is 0 Å². The van der Waals surface area contributed by atoms with Crippen LogP contribution in [0, 0.1) is 18.8 Å².